The molecule has 0 aliphatic carbocycles. The average Bonchev–Trinajstić information content (AvgIpc) is 2.54. The molecular weight excluding hydrogens is 280 g/mol. The second-order valence-electron chi connectivity index (χ2n) is 3.92. The molecule has 0 rings (SSSR count). The van der Waals surface area contributed by atoms with E-state index in [-0.39, 0.29) is 11.8 Å². The van der Waals surface area contributed by atoms with Gasteiger partial charge in [-0.15, -0.1) is 0 Å². The summed E-state index contributed by atoms with van der Waals surface area (Å²) < 4.78 is 24.5. The summed E-state index contributed by atoms with van der Waals surface area (Å²) in [7, 11) is 3.20. The molecule has 0 aromatic rings. The van der Waals surface area contributed by atoms with Crippen molar-refractivity contribution >= 4 is 12.3 Å². The van der Waals surface area contributed by atoms with E-state index >= 15 is 0 Å². The van der Waals surface area contributed by atoms with E-state index in [1.165, 1.54) is 0 Å². The Kier molecular flexibility index (Phi) is 35.7. The summed E-state index contributed by atoms with van der Waals surface area (Å²) in [5.74, 6) is -0.896. The molecule has 0 fully saturated rings. The van der Waals surface area contributed by atoms with E-state index < -0.39 is 5.97 Å². The number of carboxylic acid groups (broad SMARTS) is 1. The van der Waals surface area contributed by atoms with Gasteiger partial charge in [-0.05, 0) is 12.8 Å². The van der Waals surface area contributed by atoms with Crippen LogP contribution in [0.2, 0.25) is 0 Å². The van der Waals surface area contributed by atoms with Crippen LogP contribution in [0, 0.1) is 25.1 Å². The molecule has 7 nitrogen and oxygen atoms in total. The number of hydrogen-bond acceptors (Lipinski definition) is 4. The fourth-order valence-corrected chi connectivity index (χ4v) is 0.790. The van der Waals surface area contributed by atoms with Crippen molar-refractivity contribution in [2.45, 2.75) is 26.7 Å². The van der Waals surface area contributed by atoms with E-state index in [1.54, 1.807) is 21.1 Å². The predicted molar refractivity (Wildman–Crippen MR) is 72.9 cm³/mol. The third-order valence-electron chi connectivity index (χ3n) is 2.19. The summed E-state index contributed by atoms with van der Waals surface area (Å²) in [5, 5.41) is 8.35. The van der Waals surface area contributed by atoms with E-state index in [2.05, 4.69) is 13.3 Å². The van der Waals surface area contributed by atoms with Crippen LogP contribution >= 0.6 is 0 Å². The molecule has 0 saturated heterocycles. The van der Waals surface area contributed by atoms with E-state index in [1.807, 2.05) is 6.92 Å². The molecule has 0 bridgehead atoms. The van der Waals surface area contributed by atoms with Crippen LogP contribution in [0.5, 0.6) is 0 Å². The first-order valence-electron chi connectivity index (χ1n) is 6.06. The average molecular weight is 304 g/mol. The van der Waals surface area contributed by atoms with Crippen molar-refractivity contribution in [1.29, 1.82) is 0 Å². The molecule has 0 aliphatic heterocycles. The van der Waals surface area contributed by atoms with Gasteiger partial charge in [-0.3, -0.25) is 4.79 Å². The van der Waals surface area contributed by atoms with Crippen molar-refractivity contribution in [3.8, 4) is 0 Å². The molecule has 2 atom stereocenters. The third kappa shape index (κ3) is 32.3. The van der Waals surface area contributed by atoms with Crippen LogP contribution in [0.1, 0.15) is 26.7 Å². The van der Waals surface area contributed by atoms with Crippen molar-refractivity contribution in [2.75, 3.05) is 27.4 Å². The van der Waals surface area contributed by atoms with Crippen molar-refractivity contribution < 1.29 is 33.5 Å². The Labute approximate surface area is 126 Å². The van der Waals surface area contributed by atoms with Gasteiger partial charge in [0.2, 0.25) is 0 Å². The number of ether oxygens (including phenoxy) is 2. The maximum absolute atomic E-state index is 10.1. The first-order valence-corrected chi connectivity index (χ1v) is 6.06. The molecule has 0 aliphatic rings. The number of rotatable bonds is 8. The quantitative estimate of drug-likeness (QED) is 0.415. The topological polar surface area (TPSA) is 113 Å². The Hall–Kier alpha value is -1.46. The minimum atomic E-state index is -0.757. The fraction of sp³-hybridized carbons (Fsp3) is 0.714. The number of hydrogen-bond donors (Lipinski definition) is 1. The molecule has 0 aromatic heterocycles. The van der Waals surface area contributed by atoms with E-state index in [4.69, 9.17) is 23.9 Å². The minimum absolute atomic E-state index is 0.148. The van der Waals surface area contributed by atoms with Crippen molar-refractivity contribution in [2.24, 2.45) is 11.8 Å². The second-order valence-corrected chi connectivity index (χ2v) is 3.92. The Morgan fingerprint density at radius 3 is 1.76 bits per heavy atom. The van der Waals surface area contributed by atoms with Gasteiger partial charge in [-0.1, -0.05) is 13.8 Å². The van der Waals surface area contributed by atoms with Gasteiger partial charge >= 0.3 is 28.6 Å². The molecule has 0 saturated carbocycles. The maximum atomic E-state index is 10.1. The molecule has 0 amide bonds. The second kappa shape index (κ2) is 27.0. The molecule has 0 heterocycles. The first-order chi connectivity index (χ1) is 9.99. The van der Waals surface area contributed by atoms with Gasteiger partial charge < -0.3 is 19.4 Å². The molecule has 21 heavy (non-hydrogen) atoms. The molecule has 122 valence electrons. The summed E-state index contributed by atoms with van der Waals surface area (Å²) in [6.45, 7) is 13.8. The summed E-state index contributed by atoms with van der Waals surface area (Å²) >= 11 is 0. The van der Waals surface area contributed by atoms with E-state index in [0.717, 1.165) is 12.7 Å². The normalized spacial score (nSPS) is 10.9. The molecule has 2 unspecified atom stereocenters. The number of aldehydes is 1. The number of carboxylic acids is 1. The molecule has 7 heteroatoms. The van der Waals surface area contributed by atoms with Gasteiger partial charge in [-0.2, -0.15) is 0 Å². The van der Waals surface area contributed by atoms with Crippen LogP contribution in [0.3, 0.4) is 0 Å². The van der Waals surface area contributed by atoms with Crippen LogP contribution in [-0.2, 0) is 28.4 Å². The Bertz CT molecular complexity index is 255. The zero-order valence-electron chi connectivity index (χ0n) is 13.0. The van der Waals surface area contributed by atoms with Crippen LogP contribution in [0.4, 0.5) is 0 Å². The summed E-state index contributed by atoms with van der Waals surface area (Å²) in [4.78, 5) is 20.1. The van der Waals surface area contributed by atoms with Gasteiger partial charge in [0, 0.05) is 33.4 Å². The van der Waals surface area contributed by atoms with Gasteiger partial charge in [-0.25, -0.2) is 0 Å². The molecule has 1 N–H and O–H groups in total. The molecule has 0 spiro atoms. The van der Waals surface area contributed by atoms with Crippen molar-refractivity contribution in [3.63, 3.8) is 0 Å². The SMILES string of the molecule is COCCC(C)C(=O)O.COCCC(C)C=O.[C-]#[O+].[C-]#[O+]. The van der Waals surface area contributed by atoms with E-state index in [0.29, 0.717) is 19.6 Å². The molecular formula is C14H24O7. The summed E-state index contributed by atoms with van der Waals surface area (Å²) in [5.41, 5.74) is 0. The van der Waals surface area contributed by atoms with Crippen LogP contribution in [-0.4, -0.2) is 44.8 Å². The summed E-state index contributed by atoms with van der Waals surface area (Å²) in [6.07, 6.45) is 2.37. The Morgan fingerprint density at radius 1 is 1.10 bits per heavy atom. The van der Waals surface area contributed by atoms with Gasteiger partial charge in [0.15, 0.2) is 0 Å². The zero-order chi connectivity index (χ0) is 17.7. The number of aliphatic carboxylic acids is 1. The molecule has 0 aromatic carbocycles. The van der Waals surface area contributed by atoms with Gasteiger partial charge in [0.1, 0.15) is 6.29 Å². The predicted octanol–water partition coefficient (Wildman–Crippen LogP) is 1.53. The van der Waals surface area contributed by atoms with Crippen molar-refractivity contribution in [1.82, 2.24) is 0 Å². The number of carbonyl (C=O) groups excluding carboxylic acids is 1. The van der Waals surface area contributed by atoms with Crippen molar-refractivity contribution in [3.05, 3.63) is 13.3 Å². The fourth-order valence-electron chi connectivity index (χ4n) is 0.790. The van der Waals surface area contributed by atoms with Gasteiger partial charge in [0.25, 0.3) is 0 Å². The Morgan fingerprint density at radius 2 is 1.48 bits per heavy atom. The summed E-state index contributed by atoms with van der Waals surface area (Å²) in [6, 6.07) is 0. The standard InChI is InChI=1S/C6H12O3.C6H12O2.2CO/c1-5(6(7)8)3-4-9-2;1-6(5-7)3-4-8-2;2*1-2/h5H,3-4H2,1-2H3,(H,7,8);5-6H,3-4H2,1-2H3;;. The first kappa shape index (κ1) is 27.8. The number of methoxy groups -OCH3 is 2. The van der Waals surface area contributed by atoms with Crippen LogP contribution < -0.4 is 0 Å². The Balaban J connectivity index is -0.000000111. The zero-order valence-corrected chi connectivity index (χ0v) is 13.0. The van der Waals surface area contributed by atoms with Crippen LogP contribution in [0.25, 0.3) is 0 Å². The monoisotopic (exact) mass is 304 g/mol. The van der Waals surface area contributed by atoms with Crippen LogP contribution in [0.15, 0.2) is 0 Å². The number of carbonyl (C=O) groups is 2. The van der Waals surface area contributed by atoms with E-state index in [9.17, 15) is 9.59 Å². The third-order valence-corrected chi connectivity index (χ3v) is 2.19. The molecule has 0 radical (unpaired) electrons. The van der Waals surface area contributed by atoms with Gasteiger partial charge in [0.05, 0.1) is 5.92 Å².